The summed E-state index contributed by atoms with van der Waals surface area (Å²) in [5.74, 6) is 0.261. The fourth-order valence-electron chi connectivity index (χ4n) is 1.83. The predicted molar refractivity (Wildman–Crippen MR) is 102 cm³/mol. The van der Waals surface area contributed by atoms with Gasteiger partial charge in [-0.15, -0.1) is 37.1 Å². The number of nitrogens with one attached hydrogen (secondary N) is 2. The molecule has 0 aliphatic carbocycles. The minimum absolute atomic E-state index is 0. The fourth-order valence-corrected chi connectivity index (χ4v) is 1.83. The van der Waals surface area contributed by atoms with Gasteiger partial charge in [-0.2, -0.15) is 0 Å². The zero-order chi connectivity index (χ0) is 18.2. The van der Waals surface area contributed by atoms with Crippen LogP contribution in [0.5, 0.6) is 5.75 Å². The molecule has 1 aromatic rings. The van der Waals surface area contributed by atoms with Gasteiger partial charge >= 0.3 is 6.36 Å². The number of hydrogen-bond acceptors (Lipinski definition) is 3. The van der Waals surface area contributed by atoms with Crippen LogP contribution in [0.15, 0.2) is 29.3 Å². The molecule has 3 N–H and O–H groups in total. The summed E-state index contributed by atoms with van der Waals surface area (Å²) in [5.41, 5.74) is 0.465. The molecule has 0 saturated carbocycles. The van der Waals surface area contributed by atoms with E-state index in [0.717, 1.165) is 6.42 Å². The SMILES string of the molecule is CCNC(=NCC(O)c1ccc(OC(F)(F)F)cc1)NC(C)CC.I. The van der Waals surface area contributed by atoms with Gasteiger partial charge in [-0.25, -0.2) is 0 Å². The van der Waals surface area contributed by atoms with Crippen LogP contribution in [0.3, 0.4) is 0 Å². The Morgan fingerprint density at radius 3 is 2.32 bits per heavy atom. The number of guanidine groups is 1. The Kier molecular flexibility index (Phi) is 10.8. The highest BCUT2D eigenvalue weighted by Crippen LogP contribution is 2.24. The molecule has 0 spiro atoms. The first-order valence-corrected chi connectivity index (χ1v) is 7.83. The number of aliphatic hydroxyl groups is 1. The molecule has 144 valence electrons. The van der Waals surface area contributed by atoms with Crippen LogP contribution in [0.1, 0.15) is 38.9 Å². The topological polar surface area (TPSA) is 65.9 Å². The molecule has 2 atom stereocenters. The second-order valence-corrected chi connectivity index (χ2v) is 5.31. The van der Waals surface area contributed by atoms with E-state index in [1.54, 1.807) is 0 Å². The molecule has 0 radical (unpaired) electrons. The van der Waals surface area contributed by atoms with E-state index in [9.17, 15) is 18.3 Å². The quantitative estimate of drug-likeness (QED) is 0.321. The summed E-state index contributed by atoms with van der Waals surface area (Å²) >= 11 is 0. The maximum Gasteiger partial charge on any atom is 0.573 e. The number of rotatable bonds is 7. The molecule has 0 aliphatic heterocycles. The Morgan fingerprint density at radius 2 is 1.84 bits per heavy atom. The maximum atomic E-state index is 12.1. The molecule has 0 bridgehead atoms. The van der Waals surface area contributed by atoms with Crippen molar-refractivity contribution in [2.45, 2.75) is 45.7 Å². The Labute approximate surface area is 163 Å². The highest BCUT2D eigenvalue weighted by Gasteiger charge is 2.31. The second kappa shape index (κ2) is 11.4. The third-order valence-corrected chi connectivity index (χ3v) is 3.26. The monoisotopic (exact) mass is 475 g/mol. The van der Waals surface area contributed by atoms with Gasteiger partial charge in [-0.3, -0.25) is 4.99 Å². The lowest BCUT2D eigenvalue weighted by molar-refractivity contribution is -0.274. The van der Waals surface area contributed by atoms with Crippen LogP contribution in [0.25, 0.3) is 0 Å². The van der Waals surface area contributed by atoms with Gasteiger partial charge in [0.15, 0.2) is 5.96 Å². The first-order chi connectivity index (χ1) is 11.2. The van der Waals surface area contributed by atoms with Gasteiger partial charge in [0.2, 0.25) is 0 Å². The molecule has 1 aromatic carbocycles. The van der Waals surface area contributed by atoms with E-state index < -0.39 is 12.5 Å². The van der Waals surface area contributed by atoms with Crippen molar-refractivity contribution in [1.29, 1.82) is 0 Å². The number of alkyl halides is 3. The number of aliphatic hydroxyl groups excluding tert-OH is 1. The fraction of sp³-hybridized carbons (Fsp3) is 0.562. The predicted octanol–water partition coefficient (Wildman–Crippen LogP) is 3.59. The van der Waals surface area contributed by atoms with E-state index >= 15 is 0 Å². The molecule has 2 unspecified atom stereocenters. The molecule has 0 saturated heterocycles. The van der Waals surface area contributed by atoms with Crippen molar-refractivity contribution in [2.24, 2.45) is 4.99 Å². The normalized spacial score (nSPS) is 14.3. The lowest BCUT2D eigenvalue weighted by Gasteiger charge is -2.17. The summed E-state index contributed by atoms with van der Waals surface area (Å²) in [6.45, 7) is 6.76. The van der Waals surface area contributed by atoms with Crippen LogP contribution in [0.4, 0.5) is 13.2 Å². The second-order valence-electron chi connectivity index (χ2n) is 5.31. The molecule has 0 heterocycles. The minimum Gasteiger partial charge on any atom is -0.406 e. The molecular formula is C16H25F3IN3O2. The summed E-state index contributed by atoms with van der Waals surface area (Å²) in [4.78, 5) is 4.29. The molecule has 0 fully saturated rings. The van der Waals surface area contributed by atoms with Crippen molar-refractivity contribution in [1.82, 2.24) is 10.6 Å². The smallest absolute Gasteiger partial charge is 0.406 e. The van der Waals surface area contributed by atoms with Gasteiger partial charge in [-0.1, -0.05) is 19.1 Å². The number of ether oxygens (including phenoxy) is 1. The average Bonchev–Trinajstić information content (AvgIpc) is 2.51. The standard InChI is InChI=1S/C16H24F3N3O2.HI/c1-4-11(3)22-15(20-5-2)21-10-14(23)12-6-8-13(9-7-12)24-16(17,18)19;/h6-9,11,14,23H,4-5,10H2,1-3H3,(H2,20,21,22);1H. The Balaban J connectivity index is 0.00000576. The van der Waals surface area contributed by atoms with Gasteiger partial charge in [0.25, 0.3) is 0 Å². The van der Waals surface area contributed by atoms with Crippen LogP contribution >= 0.6 is 24.0 Å². The van der Waals surface area contributed by atoms with Crippen molar-refractivity contribution in [3.05, 3.63) is 29.8 Å². The van der Waals surface area contributed by atoms with E-state index in [4.69, 9.17) is 0 Å². The van der Waals surface area contributed by atoms with Gasteiger partial charge in [0, 0.05) is 12.6 Å². The summed E-state index contributed by atoms with van der Waals surface area (Å²) in [7, 11) is 0. The molecule has 0 aromatic heterocycles. The molecule has 25 heavy (non-hydrogen) atoms. The molecule has 9 heteroatoms. The van der Waals surface area contributed by atoms with E-state index in [-0.39, 0.29) is 42.3 Å². The summed E-state index contributed by atoms with van der Waals surface area (Å²) in [5, 5.41) is 16.4. The lowest BCUT2D eigenvalue weighted by atomic mass is 10.1. The lowest BCUT2D eigenvalue weighted by Crippen LogP contribution is -2.42. The van der Waals surface area contributed by atoms with E-state index in [1.807, 2.05) is 20.8 Å². The van der Waals surface area contributed by atoms with E-state index in [0.29, 0.717) is 18.1 Å². The maximum absolute atomic E-state index is 12.1. The van der Waals surface area contributed by atoms with Crippen LogP contribution in [0.2, 0.25) is 0 Å². The van der Waals surface area contributed by atoms with Crippen LogP contribution in [0, 0.1) is 0 Å². The summed E-state index contributed by atoms with van der Waals surface area (Å²) in [6, 6.07) is 5.34. The molecular weight excluding hydrogens is 450 g/mol. The number of hydrogen-bond donors (Lipinski definition) is 3. The minimum atomic E-state index is -4.73. The van der Waals surface area contributed by atoms with E-state index in [2.05, 4.69) is 20.4 Å². The number of aliphatic imine (C=N–C) groups is 1. The van der Waals surface area contributed by atoms with Crippen molar-refractivity contribution < 1.29 is 23.0 Å². The van der Waals surface area contributed by atoms with Crippen molar-refractivity contribution in [3.63, 3.8) is 0 Å². The van der Waals surface area contributed by atoms with Crippen LogP contribution in [-0.2, 0) is 0 Å². The van der Waals surface area contributed by atoms with Crippen LogP contribution in [-0.4, -0.2) is 36.6 Å². The third-order valence-electron chi connectivity index (χ3n) is 3.26. The van der Waals surface area contributed by atoms with Gasteiger partial charge in [0.1, 0.15) is 5.75 Å². The number of benzene rings is 1. The van der Waals surface area contributed by atoms with Crippen molar-refractivity contribution >= 4 is 29.9 Å². The Morgan fingerprint density at radius 1 is 1.24 bits per heavy atom. The Hall–Kier alpha value is -1.23. The number of halogens is 4. The van der Waals surface area contributed by atoms with Crippen molar-refractivity contribution in [2.75, 3.05) is 13.1 Å². The highest BCUT2D eigenvalue weighted by molar-refractivity contribution is 14.0. The summed E-state index contributed by atoms with van der Waals surface area (Å²) < 4.78 is 40.1. The third kappa shape index (κ3) is 9.73. The molecule has 0 amide bonds. The van der Waals surface area contributed by atoms with Crippen molar-refractivity contribution in [3.8, 4) is 5.75 Å². The van der Waals surface area contributed by atoms with Gasteiger partial charge in [-0.05, 0) is 38.0 Å². The average molecular weight is 475 g/mol. The largest absolute Gasteiger partial charge is 0.573 e. The Bertz CT molecular complexity index is 524. The van der Waals surface area contributed by atoms with Gasteiger partial charge < -0.3 is 20.5 Å². The first-order valence-electron chi connectivity index (χ1n) is 7.83. The zero-order valence-corrected chi connectivity index (χ0v) is 16.8. The molecule has 1 rings (SSSR count). The zero-order valence-electron chi connectivity index (χ0n) is 14.4. The number of nitrogens with zero attached hydrogens (tertiary/aromatic N) is 1. The van der Waals surface area contributed by atoms with Gasteiger partial charge in [0.05, 0.1) is 12.6 Å². The van der Waals surface area contributed by atoms with Crippen LogP contribution < -0.4 is 15.4 Å². The summed E-state index contributed by atoms with van der Waals surface area (Å²) in [6.07, 6.45) is -4.72. The molecule has 0 aliphatic rings. The van der Waals surface area contributed by atoms with E-state index in [1.165, 1.54) is 24.3 Å². The highest BCUT2D eigenvalue weighted by atomic mass is 127. The first kappa shape index (κ1) is 23.8. The molecule has 5 nitrogen and oxygen atoms in total.